The van der Waals surface area contributed by atoms with Gasteiger partial charge in [-0.2, -0.15) is 0 Å². The first-order chi connectivity index (χ1) is 11.5. The second kappa shape index (κ2) is 8.31. The molecule has 7 heteroatoms. The van der Waals surface area contributed by atoms with Crippen LogP contribution in [0.1, 0.15) is 17.3 Å². The minimum Gasteiger partial charge on any atom is -0.494 e. The van der Waals surface area contributed by atoms with Crippen LogP contribution in [0.2, 0.25) is 5.02 Å². The largest absolute Gasteiger partial charge is 0.494 e. The summed E-state index contributed by atoms with van der Waals surface area (Å²) < 4.78 is 23.2. The average molecular weight is 352 g/mol. The number of rotatable bonds is 6. The van der Waals surface area contributed by atoms with E-state index < -0.39 is 24.3 Å². The molecule has 126 valence electrons. The third-order valence-corrected chi connectivity index (χ3v) is 3.26. The van der Waals surface area contributed by atoms with Crippen LogP contribution in [0.3, 0.4) is 0 Å². The van der Waals surface area contributed by atoms with Gasteiger partial charge in [-0.1, -0.05) is 11.6 Å². The van der Waals surface area contributed by atoms with E-state index in [4.69, 9.17) is 21.1 Å². The summed E-state index contributed by atoms with van der Waals surface area (Å²) in [4.78, 5) is 23.6. The minimum atomic E-state index is -0.874. The van der Waals surface area contributed by atoms with Gasteiger partial charge in [-0.05, 0) is 49.4 Å². The normalized spacial score (nSPS) is 10.1. The van der Waals surface area contributed by atoms with Gasteiger partial charge in [0.25, 0.3) is 5.91 Å². The van der Waals surface area contributed by atoms with Gasteiger partial charge < -0.3 is 14.8 Å². The summed E-state index contributed by atoms with van der Waals surface area (Å²) in [5.41, 5.74) is 0.397. The molecule has 2 aromatic carbocycles. The molecule has 0 aliphatic rings. The molecular weight excluding hydrogens is 337 g/mol. The van der Waals surface area contributed by atoms with Crippen LogP contribution in [0, 0.1) is 5.82 Å². The first-order valence-electron chi connectivity index (χ1n) is 7.14. The predicted octanol–water partition coefficient (Wildman–Crippen LogP) is 3.67. The van der Waals surface area contributed by atoms with E-state index in [9.17, 15) is 14.0 Å². The molecule has 0 fully saturated rings. The number of benzene rings is 2. The highest BCUT2D eigenvalue weighted by Crippen LogP contribution is 2.18. The number of carbonyl (C=O) groups excluding carboxylic acids is 2. The van der Waals surface area contributed by atoms with Crippen LogP contribution in [0.15, 0.2) is 42.5 Å². The summed E-state index contributed by atoms with van der Waals surface area (Å²) in [6, 6.07) is 10.1. The highest BCUT2D eigenvalue weighted by atomic mass is 35.5. The molecule has 1 amide bonds. The molecule has 0 spiro atoms. The van der Waals surface area contributed by atoms with E-state index in [-0.39, 0.29) is 10.6 Å². The van der Waals surface area contributed by atoms with Crippen LogP contribution >= 0.6 is 11.6 Å². The summed E-state index contributed by atoms with van der Waals surface area (Å²) in [7, 11) is 0. The maximum absolute atomic E-state index is 13.1. The van der Waals surface area contributed by atoms with E-state index in [0.717, 1.165) is 12.1 Å². The molecular formula is C17H15ClFNO4. The topological polar surface area (TPSA) is 64.6 Å². The Kier molecular flexibility index (Phi) is 6.14. The van der Waals surface area contributed by atoms with Gasteiger partial charge in [0.1, 0.15) is 11.6 Å². The van der Waals surface area contributed by atoms with Crippen molar-refractivity contribution in [2.24, 2.45) is 0 Å². The zero-order valence-electron chi connectivity index (χ0n) is 12.8. The second-order valence-corrected chi connectivity index (χ2v) is 5.11. The van der Waals surface area contributed by atoms with E-state index in [1.165, 1.54) is 6.07 Å². The van der Waals surface area contributed by atoms with E-state index in [0.29, 0.717) is 18.0 Å². The summed E-state index contributed by atoms with van der Waals surface area (Å²) in [6.07, 6.45) is 0. The summed E-state index contributed by atoms with van der Waals surface area (Å²) in [6.45, 7) is 1.90. The van der Waals surface area contributed by atoms with Crippen LogP contribution in [0.25, 0.3) is 0 Å². The second-order valence-electron chi connectivity index (χ2n) is 4.71. The molecule has 0 bridgehead atoms. The summed E-state index contributed by atoms with van der Waals surface area (Å²) in [5.74, 6) is -1.34. The number of anilines is 1. The molecule has 0 aromatic heterocycles. The van der Waals surface area contributed by atoms with Crippen molar-refractivity contribution < 1.29 is 23.5 Å². The third-order valence-electron chi connectivity index (χ3n) is 2.93. The molecule has 2 rings (SSSR count). The van der Waals surface area contributed by atoms with Crippen molar-refractivity contribution in [2.75, 3.05) is 18.5 Å². The van der Waals surface area contributed by atoms with Crippen molar-refractivity contribution in [3.05, 3.63) is 58.9 Å². The maximum Gasteiger partial charge on any atom is 0.340 e. The molecule has 24 heavy (non-hydrogen) atoms. The van der Waals surface area contributed by atoms with Crippen molar-refractivity contribution in [3.8, 4) is 5.75 Å². The maximum atomic E-state index is 13.1. The number of nitrogens with one attached hydrogen (secondary N) is 1. The Morgan fingerprint density at radius 3 is 2.54 bits per heavy atom. The molecule has 0 heterocycles. The van der Waals surface area contributed by atoms with Crippen molar-refractivity contribution in [3.63, 3.8) is 0 Å². The number of hydrogen-bond donors (Lipinski definition) is 1. The van der Waals surface area contributed by atoms with Gasteiger partial charge in [0, 0.05) is 5.69 Å². The highest BCUT2D eigenvalue weighted by Gasteiger charge is 2.15. The lowest BCUT2D eigenvalue weighted by molar-refractivity contribution is -0.119. The molecule has 2 aromatic rings. The van der Waals surface area contributed by atoms with Crippen LogP contribution in [-0.2, 0) is 9.53 Å². The lowest BCUT2D eigenvalue weighted by Gasteiger charge is -2.08. The van der Waals surface area contributed by atoms with E-state index in [1.54, 1.807) is 24.3 Å². The van der Waals surface area contributed by atoms with Crippen LogP contribution in [-0.4, -0.2) is 25.1 Å². The minimum absolute atomic E-state index is 0.0494. The van der Waals surface area contributed by atoms with Gasteiger partial charge in [-0.15, -0.1) is 0 Å². The molecule has 0 aliphatic carbocycles. The Labute approximate surface area is 143 Å². The Morgan fingerprint density at radius 1 is 1.17 bits per heavy atom. The zero-order valence-corrected chi connectivity index (χ0v) is 13.6. The van der Waals surface area contributed by atoms with Crippen molar-refractivity contribution in [1.82, 2.24) is 0 Å². The van der Waals surface area contributed by atoms with Gasteiger partial charge in [-0.3, -0.25) is 4.79 Å². The fourth-order valence-corrected chi connectivity index (χ4v) is 2.06. The molecule has 0 radical (unpaired) electrons. The monoisotopic (exact) mass is 351 g/mol. The van der Waals surface area contributed by atoms with Gasteiger partial charge >= 0.3 is 5.97 Å². The van der Waals surface area contributed by atoms with Gasteiger partial charge in [0.15, 0.2) is 6.61 Å². The highest BCUT2D eigenvalue weighted by molar-refractivity contribution is 6.33. The first-order valence-corrected chi connectivity index (χ1v) is 7.52. The lowest BCUT2D eigenvalue weighted by atomic mass is 10.2. The van der Waals surface area contributed by atoms with Crippen molar-refractivity contribution in [1.29, 1.82) is 0 Å². The smallest absolute Gasteiger partial charge is 0.340 e. The number of esters is 1. The SMILES string of the molecule is CCOc1ccc(NC(=O)COC(=O)c2cc(F)ccc2Cl)cc1. The molecule has 0 aliphatic heterocycles. The average Bonchev–Trinajstić information content (AvgIpc) is 2.57. The van der Waals surface area contributed by atoms with E-state index >= 15 is 0 Å². The fraction of sp³-hybridized carbons (Fsp3) is 0.176. The fourth-order valence-electron chi connectivity index (χ4n) is 1.86. The quantitative estimate of drug-likeness (QED) is 0.806. The van der Waals surface area contributed by atoms with Crippen LogP contribution in [0.4, 0.5) is 10.1 Å². The third kappa shape index (κ3) is 4.96. The van der Waals surface area contributed by atoms with Crippen molar-refractivity contribution in [2.45, 2.75) is 6.92 Å². The Bertz CT molecular complexity index is 734. The molecule has 0 atom stereocenters. The van der Waals surface area contributed by atoms with E-state index in [2.05, 4.69) is 5.32 Å². The Hall–Kier alpha value is -2.60. The van der Waals surface area contributed by atoms with Crippen LogP contribution < -0.4 is 10.1 Å². The van der Waals surface area contributed by atoms with E-state index in [1.807, 2.05) is 6.92 Å². The zero-order chi connectivity index (χ0) is 17.5. The number of ether oxygens (including phenoxy) is 2. The number of amides is 1. The number of carbonyl (C=O) groups is 2. The molecule has 0 unspecified atom stereocenters. The van der Waals surface area contributed by atoms with Crippen molar-refractivity contribution >= 4 is 29.2 Å². The predicted molar refractivity (Wildman–Crippen MR) is 87.9 cm³/mol. The molecule has 0 saturated heterocycles. The van der Waals surface area contributed by atoms with Gasteiger partial charge in [0.2, 0.25) is 0 Å². The Balaban J connectivity index is 1.88. The van der Waals surface area contributed by atoms with Gasteiger partial charge in [-0.25, -0.2) is 9.18 Å². The first kappa shape index (κ1) is 17.7. The van der Waals surface area contributed by atoms with Crippen LogP contribution in [0.5, 0.6) is 5.75 Å². The Morgan fingerprint density at radius 2 is 1.88 bits per heavy atom. The molecule has 0 saturated carbocycles. The lowest BCUT2D eigenvalue weighted by Crippen LogP contribution is -2.21. The van der Waals surface area contributed by atoms with Gasteiger partial charge in [0.05, 0.1) is 17.2 Å². The molecule has 1 N–H and O–H groups in total. The number of halogens is 2. The molecule has 5 nitrogen and oxygen atoms in total. The summed E-state index contributed by atoms with van der Waals surface area (Å²) >= 11 is 5.80. The number of hydrogen-bond acceptors (Lipinski definition) is 4. The summed E-state index contributed by atoms with van der Waals surface area (Å²) in [5, 5.41) is 2.61. The standard InChI is InChI=1S/C17H15ClFNO4/c1-2-23-13-6-4-12(5-7-13)20-16(21)10-24-17(22)14-9-11(19)3-8-15(14)18/h3-9H,2,10H2,1H3,(H,20,21).